The zero-order valence-corrected chi connectivity index (χ0v) is 15.0. The molecule has 2 rings (SSSR count). The minimum Gasteiger partial charge on any atom is -0.381 e. The van der Waals surface area contributed by atoms with Gasteiger partial charge in [-0.25, -0.2) is 0 Å². The first-order valence-electron chi connectivity index (χ1n) is 8.40. The van der Waals surface area contributed by atoms with E-state index in [1.165, 1.54) is 17.1 Å². The Labute approximate surface area is 144 Å². The van der Waals surface area contributed by atoms with Crippen molar-refractivity contribution in [3.8, 4) is 0 Å². The first-order chi connectivity index (χ1) is 11.1. The summed E-state index contributed by atoms with van der Waals surface area (Å²) in [6, 6.07) is 8.10. The minimum absolute atomic E-state index is 0.0235. The third kappa shape index (κ3) is 6.94. The van der Waals surface area contributed by atoms with Gasteiger partial charge in [0, 0.05) is 43.4 Å². The van der Waals surface area contributed by atoms with Crippen LogP contribution in [0.4, 0.5) is 5.69 Å². The van der Waals surface area contributed by atoms with Crippen LogP contribution < -0.4 is 5.32 Å². The van der Waals surface area contributed by atoms with E-state index in [2.05, 4.69) is 30.1 Å². The van der Waals surface area contributed by atoms with Crippen molar-refractivity contribution in [2.45, 2.75) is 26.8 Å². The average Bonchev–Trinajstić information content (AvgIpc) is 2.54. The summed E-state index contributed by atoms with van der Waals surface area (Å²) in [6.45, 7) is 8.55. The minimum atomic E-state index is 0.0235. The van der Waals surface area contributed by atoms with Gasteiger partial charge in [-0.1, -0.05) is 32.0 Å². The molecule has 4 nitrogen and oxygen atoms in total. The summed E-state index contributed by atoms with van der Waals surface area (Å²) in [5, 5.41) is 3.04. The van der Waals surface area contributed by atoms with E-state index in [0.717, 1.165) is 25.3 Å². The number of para-hydroxylation sites is 1. The fourth-order valence-electron chi connectivity index (χ4n) is 2.48. The van der Waals surface area contributed by atoms with Gasteiger partial charge in [0.05, 0.1) is 13.0 Å². The Hall–Kier alpha value is -1.04. The molecule has 1 aliphatic heterocycles. The zero-order chi connectivity index (χ0) is 16.5. The highest BCUT2D eigenvalue weighted by Crippen LogP contribution is 2.19. The molecule has 0 saturated carbocycles. The van der Waals surface area contributed by atoms with Gasteiger partial charge < -0.3 is 10.1 Å². The molecule has 1 aromatic rings. The van der Waals surface area contributed by atoms with Crippen molar-refractivity contribution in [1.82, 2.24) is 4.90 Å². The Morgan fingerprint density at radius 1 is 1.30 bits per heavy atom. The highest BCUT2D eigenvalue weighted by Gasteiger charge is 2.13. The predicted molar refractivity (Wildman–Crippen MR) is 97.9 cm³/mol. The van der Waals surface area contributed by atoms with Gasteiger partial charge in [-0.05, 0) is 17.5 Å². The predicted octanol–water partition coefficient (Wildman–Crippen LogP) is 3.24. The molecule has 0 aromatic heterocycles. The second-order valence-corrected chi connectivity index (χ2v) is 7.54. The van der Waals surface area contributed by atoms with E-state index in [1.807, 2.05) is 30.0 Å². The van der Waals surface area contributed by atoms with Crippen LogP contribution in [0.15, 0.2) is 24.3 Å². The molecule has 1 amide bonds. The molecule has 1 fully saturated rings. The van der Waals surface area contributed by atoms with Gasteiger partial charge in [0.1, 0.15) is 0 Å². The first kappa shape index (κ1) is 18.3. The van der Waals surface area contributed by atoms with Crippen molar-refractivity contribution < 1.29 is 9.53 Å². The molecule has 0 unspecified atom stereocenters. The number of nitrogens with one attached hydrogen (secondary N) is 1. The van der Waals surface area contributed by atoms with E-state index in [4.69, 9.17) is 4.74 Å². The SMILES string of the molecule is CC(C)COCCC(=O)Nc1ccccc1CN1CCSCC1. The van der Waals surface area contributed by atoms with Crippen LogP contribution in [0, 0.1) is 5.92 Å². The lowest BCUT2D eigenvalue weighted by Crippen LogP contribution is -2.32. The summed E-state index contributed by atoms with van der Waals surface area (Å²) < 4.78 is 5.48. The number of benzene rings is 1. The first-order valence-corrected chi connectivity index (χ1v) is 9.56. The Morgan fingerprint density at radius 3 is 2.78 bits per heavy atom. The van der Waals surface area contributed by atoms with Gasteiger partial charge in [0.2, 0.25) is 5.91 Å². The average molecular weight is 337 g/mol. The lowest BCUT2D eigenvalue weighted by atomic mass is 10.1. The maximum Gasteiger partial charge on any atom is 0.226 e. The lowest BCUT2D eigenvalue weighted by Gasteiger charge is -2.27. The highest BCUT2D eigenvalue weighted by molar-refractivity contribution is 7.99. The zero-order valence-electron chi connectivity index (χ0n) is 14.2. The fourth-order valence-corrected chi connectivity index (χ4v) is 3.46. The van der Waals surface area contributed by atoms with E-state index in [1.54, 1.807) is 0 Å². The molecule has 0 bridgehead atoms. The number of rotatable bonds is 8. The van der Waals surface area contributed by atoms with Crippen molar-refractivity contribution in [3.05, 3.63) is 29.8 Å². The van der Waals surface area contributed by atoms with E-state index in [-0.39, 0.29) is 5.91 Å². The van der Waals surface area contributed by atoms with Gasteiger partial charge in [0.15, 0.2) is 0 Å². The van der Waals surface area contributed by atoms with Crippen LogP contribution >= 0.6 is 11.8 Å². The van der Waals surface area contributed by atoms with Crippen LogP contribution in [0.3, 0.4) is 0 Å². The normalized spacial score (nSPS) is 15.8. The standard InChI is InChI=1S/C18H28N2O2S/c1-15(2)14-22-10-7-18(21)19-17-6-4-3-5-16(17)13-20-8-11-23-12-9-20/h3-6,15H,7-14H2,1-2H3,(H,19,21). The molecule has 23 heavy (non-hydrogen) atoms. The molecular formula is C18H28N2O2S. The number of thioether (sulfide) groups is 1. The fraction of sp³-hybridized carbons (Fsp3) is 0.611. The molecule has 1 aromatic carbocycles. The van der Waals surface area contributed by atoms with Gasteiger partial charge in [-0.15, -0.1) is 0 Å². The molecule has 0 radical (unpaired) electrons. The van der Waals surface area contributed by atoms with Gasteiger partial charge in [-0.3, -0.25) is 9.69 Å². The van der Waals surface area contributed by atoms with Crippen LogP contribution in [-0.4, -0.2) is 48.6 Å². The molecule has 128 valence electrons. The van der Waals surface area contributed by atoms with Crippen molar-refractivity contribution in [3.63, 3.8) is 0 Å². The molecule has 1 aliphatic rings. The second kappa shape index (κ2) is 9.96. The van der Waals surface area contributed by atoms with Crippen molar-refractivity contribution >= 4 is 23.4 Å². The van der Waals surface area contributed by atoms with Crippen LogP contribution in [0.1, 0.15) is 25.8 Å². The molecule has 1 heterocycles. The van der Waals surface area contributed by atoms with Gasteiger partial charge in [0.25, 0.3) is 0 Å². The number of ether oxygens (including phenoxy) is 1. The third-order valence-electron chi connectivity index (χ3n) is 3.71. The Bertz CT molecular complexity index is 488. The van der Waals surface area contributed by atoms with Crippen LogP contribution in [0.2, 0.25) is 0 Å². The maximum atomic E-state index is 12.1. The molecular weight excluding hydrogens is 308 g/mol. The van der Waals surface area contributed by atoms with Crippen molar-refractivity contribution in [2.75, 3.05) is 43.1 Å². The van der Waals surface area contributed by atoms with Crippen LogP contribution in [0.5, 0.6) is 0 Å². The third-order valence-corrected chi connectivity index (χ3v) is 4.66. The van der Waals surface area contributed by atoms with E-state index in [0.29, 0.717) is 25.6 Å². The van der Waals surface area contributed by atoms with E-state index < -0.39 is 0 Å². The molecule has 1 N–H and O–H groups in total. The second-order valence-electron chi connectivity index (χ2n) is 6.31. The summed E-state index contributed by atoms with van der Waals surface area (Å²) in [7, 11) is 0. The number of hydrogen-bond donors (Lipinski definition) is 1. The smallest absolute Gasteiger partial charge is 0.226 e. The molecule has 1 saturated heterocycles. The number of carbonyl (C=O) groups is 1. The monoisotopic (exact) mass is 336 g/mol. The maximum absolute atomic E-state index is 12.1. The number of carbonyl (C=O) groups excluding carboxylic acids is 1. The van der Waals surface area contributed by atoms with Crippen molar-refractivity contribution in [1.29, 1.82) is 0 Å². The Morgan fingerprint density at radius 2 is 2.04 bits per heavy atom. The Balaban J connectivity index is 1.83. The lowest BCUT2D eigenvalue weighted by molar-refractivity contribution is -0.117. The van der Waals surface area contributed by atoms with E-state index >= 15 is 0 Å². The molecule has 0 atom stereocenters. The summed E-state index contributed by atoms with van der Waals surface area (Å²) in [5.74, 6) is 2.92. The summed E-state index contributed by atoms with van der Waals surface area (Å²) in [6.07, 6.45) is 0.404. The number of anilines is 1. The number of amides is 1. The molecule has 0 spiro atoms. The highest BCUT2D eigenvalue weighted by atomic mass is 32.2. The number of nitrogens with zero attached hydrogens (tertiary/aromatic N) is 1. The molecule has 0 aliphatic carbocycles. The van der Waals surface area contributed by atoms with E-state index in [9.17, 15) is 4.79 Å². The Kier molecular flexibility index (Phi) is 7.92. The van der Waals surface area contributed by atoms with Gasteiger partial charge in [-0.2, -0.15) is 11.8 Å². The summed E-state index contributed by atoms with van der Waals surface area (Å²) in [5.41, 5.74) is 2.12. The summed E-state index contributed by atoms with van der Waals surface area (Å²) >= 11 is 2.01. The van der Waals surface area contributed by atoms with Crippen LogP contribution in [0.25, 0.3) is 0 Å². The number of hydrogen-bond acceptors (Lipinski definition) is 4. The quantitative estimate of drug-likeness (QED) is 0.740. The topological polar surface area (TPSA) is 41.6 Å². The molecule has 5 heteroatoms. The van der Waals surface area contributed by atoms with Crippen molar-refractivity contribution in [2.24, 2.45) is 5.92 Å². The largest absolute Gasteiger partial charge is 0.381 e. The van der Waals surface area contributed by atoms with Crippen LogP contribution in [-0.2, 0) is 16.1 Å². The van der Waals surface area contributed by atoms with Gasteiger partial charge >= 0.3 is 0 Å². The summed E-state index contributed by atoms with van der Waals surface area (Å²) in [4.78, 5) is 14.5.